The molecule has 7 nitrogen and oxygen atoms in total. The molecule has 0 radical (unpaired) electrons. The fraction of sp³-hybridized carbons (Fsp3) is 0.235. The lowest BCUT2D eigenvalue weighted by Crippen LogP contribution is -2.42. The highest BCUT2D eigenvalue weighted by Crippen LogP contribution is 2.23. The molecule has 0 unspecified atom stereocenters. The number of hydrogen-bond donors (Lipinski definition) is 2. The first kappa shape index (κ1) is 17.0. The highest BCUT2D eigenvalue weighted by atomic mass is 32.1. The van der Waals surface area contributed by atoms with Crippen LogP contribution in [0.3, 0.4) is 0 Å². The normalized spacial score (nSPS) is 12.0. The van der Waals surface area contributed by atoms with Crippen LogP contribution in [0.4, 0.5) is 5.13 Å². The van der Waals surface area contributed by atoms with E-state index < -0.39 is 6.04 Å². The first-order chi connectivity index (χ1) is 12.0. The summed E-state index contributed by atoms with van der Waals surface area (Å²) in [6.45, 7) is 1.63. The van der Waals surface area contributed by atoms with E-state index in [2.05, 4.69) is 15.6 Å². The van der Waals surface area contributed by atoms with Crippen molar-refractivity contribution in [3.63, 3.8) is 0 Å². The topological polar surface area (TPSA) is 85.2 Å². The van der Waals surface area contributed by atoms with Crippen LogP contribution in [0.5, 0.6) is 5.75 Å². The average molecular weight is 358 g/mol. The molecule has 2 N–H and O–H groups in total. The van der Waals surface area contributed by atoms with E-state index in [1.54, 1.807) is 36.2 Å². The number of benzene rings is 1. The van der Waals surface area contributed by atoms with Crippen molar-refractivity contribution in [3.8, 4) is 5.75 Å². The molecule has 3 rings (SSSR count). The second kappa shape index (κ2) is 6.94. The van der Waals surface area contributed by atoms with E-state index in [4.69, 9.17) is 4.74 Å². The fourth-order valence-electron chi connectivity index (χ4n) is 2.51. The number of aromatic nitrogens is 2. The van der Waals surface area contributed by atoms with Gasteiger partial charge in [0.25, 0.3) is 5.91 Å². The number of fused-ring (bicyclic) bond motifs is 1. The molecule has 3 aromatic rings. The SMILES string of the molecule is COc1ccc2c(c1)cc(C(=O)N[C@@H](C)C(=O)Nc1nccs1)n2C. The maximum Gasteiger partial charge on any atom is 0.268 e. The molecule has 0 spiro atoms. The van der Waals surface area contributed by atoms with Crippen molar-refractivity contribution < 1.29 is 14.3 Å². The molecule has 2 aromatic heterocycles. The number of amides is 2. The van der Waals surface area contributed by atoms with Crippen molar-refractivity contribution in [1.29, 1.82) is 0 Å². The minimum atomic E-state index is -0.691. The molecule has 1 atom stereocenters. The zero-order valence-electron chi connectivity index (χ0n) is 14.1. The molecule has 0 fully saturated rings. The average Bonchev–Trinajstić information content (AvgIpc) is 3.22. The second-order valence-corrected chi connectivity index (χ2v) is 6.43. The van der Waals surface area contributed by atoms with Crippen LogP contribution in [0.15, 0.2) is 35.8 Å². The van der Waals surface area contributed by atoms with Crippen molar-refractivity contribution in [2.24, 2.45) is 7.05 Å². The number of anilines is 1. The summed E-state index contributed by atoms with van der Waals surface area (Å²) in [6, 6.07) is 6.69. The predicted molar refractivity (Wildman–Crippen MR) is 97.1 cm³/mol. The highest BCUT2D eigenvalue weighted by molar-refractivity contribution is 7.13. The van der Waals surface area contributed by atoms with Gasteiger partial charge in [-0.15, -0.1) is 11.3 Å². The molecular weight excluding hydrogens is 340 g/mol. The zero-order chi connectivity index (χ0) is 18.0. The molecule has 8 heteroatoms. The molecule has 130 valence electrons. The third-order valence-corrected chi connectivity index (χ3v) is 4.57. The van der Waals surface area contributed by atoms with Gasteiger partial charge in [0.05, 0.1) is 7.11 Å². The number of nitrogens with zero attached hydrogens (tertiary/aromatic N) is 2. The Morgan fingerprint density at radius 2 is 2.12 bits per heavy atom. The van der Waals surface area contributed by atoms with Crippen molar-refractivity contribution in [2.45, 2.75) is 13.0 Å². The lowest BCUT2D eigenvalue weighted by atomic mass is 10.2. The molecule has 0 aliphatic carbocycles. The molecular formula is C17H18N4O3S. The number of carbonyl (C=O) groups is 2. The summed E-state index contributed by atoms with van der Waals surface area (Å²) < 4.78 is 7.00. The third-order valence-electron chi connectivity index (χ3n) is 3.89. The van der Waals surface area contributed by atoms with E-state index in [9.17, 15) is 9.59 Å². The third kappa shape index (κ3) is 3.48. The number of hydrogen-bond acceptors (Lipinski definition) is 5. The summed E-state index contributed by atoms with van der Waals surface area (Å²) in [5, 5.41) is 8.54. The Balaban J connectivity index is 1.75. The number of carbonyl (C=O) groups excluding carboxylic acids is 2. The minimum absolute atomic E-state index is 0.316. The number of thiazole rings is 1. The quantitative estimate of drug-likeness (QED) is 0.733. The molecule has 25 heavy (non-hydrogen) atoms. The van der Waals surface area contributed by atoms with Crippen molar-refractivity contribution in [2.75, 3.05) is 12.4 Å². The van der Waals surface area contributed by atoms with E-state index in [1.165, 1.54) is 11.3 Å². The van der Waals surface area contributed by atoms with Gasteiger partial charge < -0.3 is 19.9 Å². The van der Waals surface area contributed by atoms with Gasteiger partial charge in [-0.1, -0.05) is 0 Å². The number of aryl methyl sites for hydroxylation is 1. The van der Waals surface area contributed by atoms with Gasteiger partial charge in [-0.3, -0.25) is 9.59 Å². The van der Waals surface area contributed by atoms with E-state index in [0.717, 1.165) is 16.7 Å². The molecule has 0 aliphatic heterocycles. The maximum absolute atomic E-state index is 12.6. The van der Waals surface area contributed by atoms with Crippen LogP contribution in [-0.2, 0) is 11.8 Å². The van der Waals surface area contributed by atoms with Crippen molar-refractivity contribution in [3.05, 3.63) is 41.5 Å². The van der Waals surface area contributed by atoms with Crippen LogP contribution < -0.4 is 15.4 Å². The van der Waals surface area contributed by atoms with E-state index in [0.29, 0.717) is 10.8 Å². The largest absolute Gasteiger partial charge is 0.497 e. The highest BCUT2D eigenvalue weighted by Gasteiger charge is 2.20. The maximum atomic E-state index is 12.6. The number of methoxy groups -OCH3 is 1. The van der Waals surface area contributed by atoms with Gasteiger partial charge in [0.2, 0.25) is 5.91 Å². The number of ether oxygens (including phenoxy) is 1. The van der Waals surface area contributed by atoms with Crippen LogP contribution in [0, 0.1) is 0 Å². The smallest absolute Gasteiger partial charge is 0.268 e. The van der Waals surface area contributed by atoms with Crippen LogP contribution in [-0.4, -0.2) is 34.5 Å². The Hall–Kier alpha value is -2.87. The molecule has 2 heterocycles. The summed E-state index contributed by atoms with van der Waals surface area (Å²) in [6.07, 6.45) is 1.60. The van der Waals surface area contributed by atoms with Gasteiger partial charge in [0.15, 0.2) is 5.13 Å². The standard InChI is InChI=1S/C17H18N4O3S/c1-10(15(22)20-17-18-6-7-25-17)19-16(23)14-9-11-8-12(24-3)4-5-13(11)21(14)2/h4-10H,1-3H3,(H,19,23)(H,18,20,22)/t10-/m0/s1. The Morgan fingerprint density at radius 3 is 2.80 bits per heavy atom. The van der Waals surface area contributed by atoms with E-state index >= 15 is 0 Å². The summed E-state index contributed by atoms with van der Waals surface area (Å²) in [4.78, 5) is 28.7. The minimum Gasteiger partial charge on any atom is -0.497 e. The lowest BCUT2D eigenvalue weighted by Gasteiger charge is -2.13. The summed E-state index contributed by atoms with van der Waals surface area (Å²) in [5.41, 5.74) is 1.38. The van der Waals surface area contributed by atoms with Crippen LogP contribution in [0.25, 0.3) is 10.9 Å². The summed E-state index contributed by atoms with van der Waals surface area (Å²) in [5.74, 6) is 0.0874. The van der Waals surface area contributed by atoms with Gasteiger partial charge in [0, 0.05) is 29.5 Å². The van der Waals surface area contributed by atoms with Crippen molar-refractivity contribution >= 4 is 39.2 Å². The Labute approximate surface area is 148 Å². The molecule has 0 bridgehead atoms. The molecule has 0 saturated carbocycles. The van der Waals surface area contributed by atoms with Gasteiger partial charge in [-0.05, 0) is 31.2 Å². The van der Waals surface area contributed by atoms with Crippen LogP contribution >= 0.6 is 11.3 Å². The van der Waals surface area contributed by atoms with Gasteiger partial charge in [-0.25, -0.2) is 4.98 Å². The monoisotopic (exact) mass is 358 g/mol. The molecule has 2 amide bonds. The van der Waals surface area contributed by atoms with Gasteiger partial charge >= 0.3 is 0 Å². The molecule has 0 saturated heterocycles. The Morgan fingerprint density at radius 1 is 1.32 bits per heavy atom. The molecule has 1 aromatic carbocycles. The van der Waals surface area contributed by atoms with E-state index in [1.807, 2.05) is 25.2 Å². The zero-order valence-corrected chi connectivity index (χ0v) is 14.9. The van der Waals surface area contributed by atoms with Crippen molar-refractivity contribution in [1.82, 2.24) is 14.9 Å². The second-order valence-electron chi connectivity index (χ2n) is 5.53. The van der Waals surface area contributed by atoms with Crippen LogP contribution in [0.2, 0.25) is 0 Å². The van der Waals surface area contributed by atoms with Gasteiger partial charge in [0.1, 0.15) is 17.5 Å². The van der Waals surface area contributed by atoms with Crippen LogP contribution in [0.1, 0.15) is 17.4 Å². The van der Waals surface area contributed by atoms with E-state index in [-0.39, 0.29) is 11.8 Å². The summed E-state index contributed by atoms with van der Waals surface area (Å²) >= 11 is 1.32. The first-order valence-corrected chi connectivity index (χ1v) is 8.52. The number of rotatable bonds is 5. The fourth-order valence-corrected chi connectivity index (χ4v) is 3.04. The number of nitrogens with one attached hydrogen (secondary N) is 2. The summed E-state index contributed by atoms with van der Waals surface area (Å²) in [7, 11) is 3.41. The lowest BCUT2D eigenvalue weighted by molar-refractivity contribution is -0.117. The Kier molecular flexibility index (Phi) is 4.71. The van der Waals surface area contributed by atoms with Gasteiger partial charge in [-0.2, -0.15) is 0 Å². The first-order valence-electron chi connectivity index (χ1n) is 7.64. The predicted octanol–water partition coefficient (Wildman–Crippen LogP) is 2.40. The molecule has 0 aliphatic rings. The Bertz CT molecular complexity index is 918.